The molecule has 0 saturated carbocycles. The maximum Gasteiger partial charge on any atom is 0.252 e. The van der Waals surface area contributed by atoms with Crippen LogP contribution in [0.2, 0.25) is 0 Å². The molecule has 3 amide bonds. The van der Waals surface area contributed by atoms with Crippen molar-refractivity contribution in [2.75, 3.05) is 39.4 Å². The minimum absolute atomic E-state index is 0.00569. The molecule has 2 heterocycles. The number of carbonyl (C=O) groups excluding carboxylic acids is 3. The Labute approximate surface area is 105 Å². The molecule has 2 N–H and O–H groups in total. The number of amides is 3. The van der Waals surface area contributed by atoms with Gasteiger partial charge in [-0.2, -0.15) is 0 Å². The molecule has 7 nitrogen and oxygen atoms in total. The van der Waals surface area contributed by atoms with Gasteiger partial charge >= 0.3 is 0 Å². The average Bonchev–Trinajstić information content (AvgIpc) is 2.39. The molecule has 0 atom stereocenters. The molecule has 0 aromatic heterocycles. The minimum atomic E-state index is -0.360. The standard InChI is InChI=1S/C7H12N2O.C4H5NO3/c1-2-7(10)9-5-3-8-4-6-9;6-3-1-8-2-4(7)5-3/h2,8H,1,3-6H2;1-2H2,(H,5,6,7). The summed E-state index contributed by atoms with van der Waals surface area (Å²) in [5.41, 5.74) is 0. The summed E-state index contributed by atoms with van der Waals surface area (Å²) in [6, 6.07) is 0. The van der Waals surface area contributed by atoms with Gasteiger partial charge in [-0.3, -0.25) is 19.7 Å². The molecule has 2 aliphatic heterocycles. The number of ether oxygens (including phenoxy) is 1. The normalized spacial score (nSPS) is 19.4. The van der Waals surface area contributed by atoms with Gasteiger partial charge in [0, 0.05) is 26.2 Å². The Kier molecular flexibility index (Phi) is 6.03. The second-order valence-corrected chi connectivity index (χ2v) is 3.74. The monoisotopic (exact) mass is 255 g/mol. The largest absolute Gasteiger partial charge is 0.362 e. The van der Waals surface area contributed by atoms with Crippen molar-refractivity contribution in [1.29, 1.82) is 0 Å². The molecule has 2 rings (SSSR count). The van der Waals surface area contributed by atoms with Crippen molar-refractivity contribution in [2.24, 2.45) is 0 Å². The molecule has 0 radical (unpaired) electrons. The molecule has 0 aromatic carbocycles. The summed E-state index contributed by atoms with van der Waals surface area (Å²) in [5.74, 6) is -0.677. The summed E-state index contributed by atoms with van der Waals surface area (Å²) in [4.78, 5) is 33.2. The SMILES string of the molecule is C=CC(=O)N1CCNCC1.O=C1COCC(=O)N1. The maximum absolute atomic E-state index is 10.9. The van der Waals surface area contributed by atoms with Crippen LogP contribution in [0.25, 0.3) is 0 Å². The zero-order valence-electron chi connectivity index (χ0n) is 10.1. The van der Waals surface area contributed by atoms with Gasteiger partial charge in [-0.1, -0.05) is 6.58 Å². The number of nitrogens with one attached hydrogen (secondary N) is 2. The van der Waals surface area contributed by atoms with Crippen LogP contribution in [0.3, 0.4) is 0 Å². The molecule has 0 bridgehead atoms. The van der Waals surface area contributed by atoms with Crippen molar-refractivity contribution >= 4 is 17.7 Å². The summed E-state index contributed by atoms with van der Waals surface area (Å²) in [7, 11) is 0. The number of morpholine rings is 1. The Bertz CT molecular complexity index is 323. The molecular weight excluding hydrogens is 238 g/mol. The molecule has 100 valence electrons. The predicted molar refractivity (Wildman–Crippen MR) is 63.6 cm³/mol. The molecule has 2 saturated heterocycles. The van der Waals surface area contributed by atoms with E-state index < -0.39 is 0 Å². The van der Waals surface area contributed by atoms with E-state index in [1.165, 1.54) is 6.08 Å². The maximum atomic E-state index is 10.9. The molecular formula is C11H17N3O4. The molecule has 7 heteroatoms. The van der Waals surface area contributed by atoms with E-state index in [-0.39, 0.29) is 30.9 Å². The second kappa shape index (κ2) is 7.57. The lowest BCUT2D eigenvalue weighted by atomic mass is 10.3. The minimum Gasteiger partial charge on any atom is -0.362 e. The van der Waals surface area contributed by atoms with Gasteiger partial charge in [0.2, 0.25) is 5.91 Å². The first-order valence-corrected chi connectivity index (χ1v) is 5.66. The van der Waals surface area contributed by atoms with Crippen LogP contribution in [0.4, 0.5) is 0 Å². The second-order valence-electron chi connectivity index (χ2n) is 3.74. The third kappa shape index (κ3) is 5.07. The van der Waals surface area contributed by atoms with Crippen LogP contribution in [-0.2, 0) is 19.1 Å². The van der Waals surface area contributed by atoms with Crippen molar-refractivity contribution < 1.29 is 19.1 Å². The molecule has 0 spiro atoms. The first kappa shape index (κ1) is 14.3. The van der Waals surface area contributed by atoms with Crippen molar-refractivity contribution in [3.05, 3.63) is 12.7 Å². The number of rotatable bonds is 1. The number of imide groups is 1. The summed E-state index contributed by atoms with van der Waals surface area (Å²) >= 11 is 0. The Balaban J connectivity index is 0.000000184. The Morgan fingerprint density at radius 2 is 1.78 bits per heavy atom. The van der Waals surface area contributed by atoms with Gasteiger partial charge in [0.15, 0.2) is 0 Å². The zero-order chi connectivity index (χ0) is 13.4. The van der Waals surface area contributed by atoms with Gasteiger partial charge in [-0.15, -0.1) is 0 Å². The highest BCUT2D eigenvalue weighted by Gasteiger charge is 2.13. The quantitative estimate of drug-likeness (QED) is 0.429. The highest BCUT2D eigenvalue weighted by molar-refractivity contribution is 5.98. The van der Waals surface area contributed by atoms with E-state index in [1.54, 1.807) is 4.90 Å². The lowest BCUT2D eigenvalue weighted by Gasteiger charge is -2.25. The van der Waals surface area contributed by atoms with Gasteiger partial charge < -0.3 is 15.0 Å². The summed E-state index contributed by atoms with van der Waals surface area (Å²) in [6.45, 7) is 6.86. The van der Waals surface area contributed by atoms with Crippen LogP contribution >= 0.6 is 0 Å². The van der Waals surface area contributed by atoms with E-state index in [4.69, 9.17) is 0 Å². The van der Waals surface area contributed by atoms with E-state index in [0.29, 0.717) is 0 Å². The van der Waals surface area contributed by atoms with Crippen LogP contribution in [0, 0.1) is 0 Å². The number of piperazine rings is 1. The first-order chi connectivity index (χ1) is 8.63. The lowest BCUT2D eigenvalue weighted by molar-refractivity contribution is -0.142. The third-order valence-corrected chi connectivity index (χ3v) is 2.35. The van der Waals surface area contributed by atoms with E-state index >= 15 is 0 Å². The van der Waals surface area contributed by atoms with Crippen LogP contribution < -0.4 is 10.6 Å². The van der Waals surface area contributed by atoms with Gasteiger partial charge in [-0.25, -0.2) is 0 Å². The summed E-state index contributed by atoms with van der Waals surface area (Å²) in [6.07, 6.45) is 1.37. The van der Waals surface area contributed by atoms with Crippen LogP contribution in [-0.4, -0.2) is 62.0 Å². The van der Waals surface area contributed by atoms with Gasteiger partial charge in [-0.05, 0) is 6.08 Å². The zero-order valence-corrected chi connectivity index (χ0v) is 10.1. The smallest absolute Gasteiger partial charge is 0.252 e. The number of carbonyl (C=O) groups is 3. The Hall–Kier alpha value is -1.73. The fraction of sp³-hybridized carbons (Fsp3) is 0.545. The molecule has 0 unspecified atom stereocenters. The molecule has 18 heavy (non-hydrogen) atoms. The number of nitrogens with zero attached hydrogens (tertiary/aromatic N) is 1. The van der Waals surface area contributed by atoms with Gasteiger partial charge in [0.1, 0.15) is 13.2 Å². The van der Waals surface area contributed by atoms with Crippen LogP contribution in [0.15, 0.2) is 12.7 Å². The topological polar surface area (TPSA) is 87.7 Å². The predicted octanol–water partition coefficient (Wildman–Crippen LogP) is -1.74. The van der Waals surface area contributed by atoms with Crippen molar-refractivity contribution in [1.82, 2.24) is 15.5 Å². The highest BCUT2D eigenvalue weighted by Crippen LogP contribution is 1.92. The lowest BCUT2D eigenvalue weighted by Crippen LogP contribution is -2.45. The van der Waals surface area contributed by atoms with Crippen molar-refractivity contribution in [3.8, 4) is 0 Å². The molecule has 0 aliphatic carbocycles. The van der Waals surface area contributed by atoms with Crippen LogP contribution in [0.1, 0.15) is 0 Å². The number of hydrogen-bond donors (Lipinski definition) is 2. The Morgan fingerprint density at radius 3 is 2.17 bits per heavy atom. The molecule has 2 fully saturated rings. The van der Waals surface area contributed by atoms with E-state index in [0.717, 1.165) is 26.2 Å². The van der Waals surface area contributed by atoms with Crippen molar-refractivity contribution in [2.45, 2.75) is 0 Å². The average molecular weight is 255 g/mol. The highest BCUT2D eigenvalue weighted by atomic mass is 16.5. The fourth-order valence-electron chi connectivity index (χ4n) is 1.48. The fourth-order valence-corrected chi connectivity index (χ4v) is 1.48. The van der Waals surface area contributed by atoms with Crippen LogP contribution in [0.5, 0.6) is 0 Å². The third-order valence-electron chi connectivity index (χ3n) is 2.35. The van der Waals surface area contributed by atoms with Crippen molar-refractivity contribution in [3.63, 3.8) is 0 Å². The van der Waals surface area contributed by atoms with E-state index in [9.17, 15) is 14.4 Å². The van der Waals surface area contributed by atoms with E-state index in [2.05, 4.69) is 21.9 Å². The Morgan fingerprint density at radius 1 is 1.22 bits per heavy atom. The van der Waals surface area contributed by atoms with Gasteiger partial charge in [0.25, 0.3) is 11.8 Å². The van der Waals surface area contributed by atoms with Gasteiger partial charge in [0.05, 0.1) is 0 Å². The first-order valence-electron chi connectivity index (χ1n) is 5.66. The van der Waals surface area contributed by atoms with E-state index in [1.807, 2.05) is 0 Å². The number of hydrogen-bond acceptors (Lipinski definition) is 5. The summed E-state index contributed by atoms with van der Waals surface area (Å²) in [5, 5.41) is 5.24. The molecule has 2 aliphatic rings. The summed E-state index contributed by atoms with van der Waals surface area (Å²) < 4.78 is 4.53. The molecule has 0 aromatic rings.